The number of rotatable bonds is 5. The van der Waals surface area contributed by atoms with Crippen molar-refractivity contribution in [2.24, 2.45) is 0 Å². The Morgan fingerprint density at radius 3 is 2.35 bits per heavy atom. The number of hydrogen-bond acceptors (Lipinski definition) is 7. The molecule has 3 heterocycles. The summed E-state index contributed by atoms with van der Waals surface area (Å²) >= 11 is 0. The van der Waals surface area contributed by atoms with Gasteiger partial charge >= 0.3 is 11.7 Å². The quantitative estimate of drug-likeness (QED) is 0.453. The number of carbonyl (C=O) groups is 2. The van der Waals surface area contributed by atoms with Gasteiger partial charge in [-0.1, -0.05) is 18.2 Å². The highest BCUT2D eigenvalue weighted by molar-refractivity contribution is 5.94. The highest BCUT2D eigenvalue weighted by Crippen LogP contribution is 2.19. The first kappa shape index (κ1) is 22.6. The summed E-state index contributed by atoms with van der Waals surface area (Å²) in [5, 5.41) is 2.91. The fraction of sp³-hybridized carbons (Fsp3) is 0.167. The molecule has 3 aromatic heterocycles. The van der Waals surface area contributed by atoms with Crippen LogP contribution >= 0.6 is 0 Å². The number of aromatic nitrogens is 4. The van der Waals surface area contributed by atoms with Crippen molar-refractivity contribution in [2.75, 3.05) is 12.4 Å². The molecule has 0 aliphatic carbocycles. The zero-order chi connectivity index (χ0) is 24.4. The van der Waals surface area contributed by atoms with Gasteiger partial charge in [0.1, 0.15) is 17.8 Å². The predicted molar refractivity (Wildman–Crippen MR) is 125 cm³/mol. The van der Waals surface area contributed by atoms with Gasteiger partial charge in [-0.3, -0.25) is 14.2 Å². The molecule has 1 aromatic carbocycles. The van der Waals surface area contributed by atoms with E-state index in [2.05, 4.69) is 15.3 Å². The topological polar surface area (TPSA) is 125 Å². The Balaban J connectivity index is 1.89. The lowest BCUT2D eigenvalue weighted by Gasteiger charge is -2.15. The van der Waals surface area contributed by atoms with Gasteiger partial charge in [0.15, 0.2) is 5.82 Å². The van der Waals surface area contributed by atoms with E-state index in [9.17, 15) is 19.2 Å². The van der Waals surface area contributed by atoms with Gasteiger partial charge < -0.3 is 10.1 Å². The molecule has 0 saturated carbocycles. The Labute approximate surface area is 193 Å². The number of carbonyl (C=O) groups excluding carboxylic acids is 2. The number of anilines is 1. The predicted octanol–water partition coefficient (Wildman–Crippen LogP) is 1.98. The molecule has 0 fully saturated rings. The number of nitrogens with one attached hydrogen (secondary N) is 1. The fourth-order valence-electron chi connectivity index (χ4n) is 3.71. The van der Waals surface area contributed by atoms with Crippen LogP contribution in [-0.4, -0.2) is 38.1 Å². The number of pyridine rings is 2. The van der Waals surface area contributed by atoms with Crippen molar-refractivity contribution in [1.82, 2.24) is 19.1 Å². The molecule has 0 saturated heterocycles. The first-order valence-corrected chi connectivity index (χ1v) is 10.3. The lowest BCUT2D eigenvalue weighted by molar-refractivity contribution is -0.116. The number of fused-ring (bicyclic) bond motifs is 1. The molecule has 4 rings (SSSR count). The largest absolute Gasteiger partial charge is 0.465 e. The summed E-state index contributed by atoms with van der Waals surface area (Å²) in [5.41, 5.74) is 0.763. The molecule has 0 radical (unpaired) electrons. The van der Waals surface area contributed by atoms with Crippen LogP contribution in [0.15, 0.2) is 64.4 Å². The lowest BCUT2D eigenvalue weighted by atomic mass is 10.1. The van der Waals surface area contributed by atoms with Crippen LogP contribution in [0.2, 0.25) is 0 Å². The third-order valence-electron chi connectivity index (χ3n) is 5.35. The van der Waals surface area contributed by atoms with Gasteiger partial charge in [0.2, 0.25) is 5.91 Å². The third kappa shape index (κ3) is 3.96. The van der Waals surface area contributed by atoms with Gasteiger partial charge in [-0.05, 0) is 49.2 Å². The molecule has 34 heavy (non-hydrogen) atoms. The monoisotopic (exact) mass is 459 g/mol. The fourth-order valence-corrected chi connectivity index (χ4v) is 3.71. The molecule has 172 valence electrons. The third-order valence-corrected chi connectivity index (χ3v) is 5.35. The maximum absolute atomic E-state index is 13.5. The molecule has 0 aliphatic rings. The standard InChI is InChI=1S/C24H21N5O5/c1-14-7-4-8-15(2)19(14)27-18(30)13-28-20-16(9-5-11-25-20)22(31)29(24(28)33)21-17(23(32)34-3)10-6-12-26-21/h4-12H,13H2,1-3H3,(H,27,30). The number of benzene rings is 1. The average molecular weight is 459 g/mol. The van der Waals surface area contributed by atoms with E-state index in [1.165, 1.54) is 37.7 Å². The first-order chi connectivity index (χ1) is 16.3. The smallest absolute Gasteiger partial charge is 0.341 e. The molecule has 0 bridgehead atoms. The van der Waals surface area contributed by atoms with Gasteiger partial charge in [0.05, 0.1) is 12.5 Å². The second-order valence-corrected chi connectivity index (χ2v) is 7.56. The molecule has 4 aromatic rings. The van der Waals surface area contributed by atoms with Crippen molar-refractivity contribution >= 4 is 28.6 Å². The zero-order valence-corrected chi connectivity index (χ0v) is 18.7. The van der Waals surface area contributed by atoms with Crippen LogP contribution in [0.1, 0.15) is 21.5 Å². The van der Waals surface area contributed by atoms with Crippen molar-refractivity contribution in [3.05, 3.63) is 92.4 Å². The van der Waals surface area contributed by atoms with Crippen LogP contribution in [0.3, 0.4) is 0 Å². The Hall–Kier alpha value is -4.60. The molecule has 0 unspecified atom stereocenters. The van der Waals surface area contributed by atoms with E-state index in [4.69, 9.17) is 4.74 Å². The SMILES string of the molecule is COC(=O)c1cccnc1-n1c(=O)c2cccnc2n(CC(=O)Nc2c(C)cccc2C)c1=O. The number of aryl methyl sites for hydroxylation is 2. The van der Waals surface area contributed by atoms with Gasteiger partial charge in [0, 0.05) is 18.1 Å². The summed E-state index contributed by atoms with van der Waals surface area (Å²) in [6, 6.07) is 11.5. The lowest BCUT2D eigenvalue weighted by Crippen LogP contribution is -2.42. The number of methoxy groups -OCH3 is 1. The summed E-state index contributed by atoms with van der Waals surface area (Å²) in [5.74, 6) is -1.44. The van der Waals surface area contributed by atoms with Crippen LogP contribution in [0.5, 0.6) is 0 Å². The minimum absolute atomic E-state index is 0.0426. The average Bonchev–Trinajstić information content (AvgIpc) is 2.84. The van der Waals surface area contributed by atoms with Crippen molar-refractivity contribution in [3.8, 4) is 5.82 Å². The molecule has 0 spiro atoms. The Morgan fingerprint density at radius 1 is 0.971 bits per heavy atom. The molecular weight excluding hydrogens is 438 g/mol. The Kier molecular flexibility index (Phi) is 6.05. The molecule has 1 amide bonds. The van der Waals surface area contributed by atoms with Gasteiger partial charge in [-0.25, -0.2) is 24.1 Å². The van der Waals surface area contributed by atoms with Crippen LogP contribution in [0, 0.1) is 13.8 Å². The molecule has 0 aliphatic heterocycles. The van der Waals surface area contributed by atoms with Crippen molar-refractivity contribution in [1.29, 1.82) is 0 Å². The normalized spacial score (nSPS) is 10.8. The number of amides is 1. The maximum Gasteiger partial charge on any atom is 0.341 e. The molecule has 10 heteroatoms. The van der Waals surface area contributed by atoms with Crippen molar-refractivity contribution in [2.45, 2.75) is 20.4 Å². The summed E-state index contributed by atoms with van der Waals surface area (Å²) in [4.78, 5) is 60.2. The maximum atomic E-state index is 13.5. The van der Waals surface area contributed by atoms with Crippen LogP contribution in [0.25, 0.3) is 16.9 Å². The van der Waals surface area contributed by atoms with E-state index >= 15 is 0 Å². The van der Waals surface area contributed by atoms with E-state index < -0.39 is 29.7 Å². The second-order valence-electron chi connectivity index (χ2n) is 7.56. The number of para-hydroxylation sites is 1. The van der Waals surface area contributed by atoms with E-state index in [-0.39, 0.29) is 22.4 Å². The number of nitrogens with zero attached hydrogens (tertiary/aromatic N) is 4. The minimum Gasteiger partial charge on any atom is -0.465 e. The van der Waals surface area contributed by atoms with E-state index in [1.54, 1.807) is 6.07 Å². The summed E-state index contributed by atoms with van der Waals surface area (Å²) < 4.78 is 6.60. The van der Waals surface area contributed by atoms with Crippen molar-refractivity contribution in [3.63, 3.8) is 0 Å². The van der Waals surface area contributed by atoms with Crippen LogP contribution in [-0.2, 0) is 16.1 Å². The number of ether oxygens (including phenoxy) is 1. The van der Waals surface area contributed by atoms with E-state index in [0.717, 1.165) is 20.3 Å². The van der Waals surface area contributed by atoms with Gasteiger partial charge in [-0.2, -0.15) is 0 Å². The summed E-state index contributed by atoms with van der Waals surface area (Å²) in [6.07, 6.45) is 2.77. The van der Waals surface area contributed by atoms with Crippen molar-refractivity contribution < 1.29 is 14.3 Å². The second kappa shape index (κ2) is 9.10. The van der Waals surface area contributed by atoms with E-state index in [0.29, 0.717) is 5.69 Å². The number of hydrogen-bond donors (Lipinski definition) is 1. The van der Waals surface area contributed by atoms with Crippen LogP contribution < -0.4 is 16.6 Å². The number of esters is 1. The molecule has 10 nitrogen and oxygen atoms in total. The van der Waals surface area contributed by atoms with Gasteiger partial charge in [0.25, 0.3) is 5.56 Å². The highest BCUT2D eigenvalue weighted by atomic mass is 16.5. The highest BCUT2D eigenvalue weighted by Gasteiger charge is 2.22. The zero-order valence-electron chi connectivity index (χ0n) is 18.7. The Bertz CT molecular complexity index is 1530. The van der Waals surface area contributed by atoms with Crippen LogP contribution in [0.4, 0.5) is 5.69 Å². The molecular formula is C24H21N5O5. The summed E-state index contributed by atoms with van der Waals surface area (Å²) in [7, 11) is 1.18. The molecule has 1 N–H and O–H groups in total. The first-order valence-electron chi connectivity index (χ1n) is 10.3. The summed E-state index contributed by atoms with van der Waals surface area (Å²) in [6.45, 7) is 3.31. The minimum atomic E-state index is -0.864. The Morgan fingerprint density at radius 2 is 1.65 bits per heavy atom. The van der Waals surface area contributed by atoms with E-state index in [1.807, 2.05) is 32.0 Å². The molecule has 0 atom stereocenters. The van der Waals surface area contributed by atoms with Gasteiger partial charge in [-0.15, -0.1) is 0 Å².